The molecule has 0 aromatic carbocycles. The fraction of sp³-hybridized carbons (Fsp3) is 0.529. The largest absolute Gasteiger partial charge is 0.367 e. The summed E-state index contributed by atoms with van der Waals surface area (Å²) in [5.74, 6) is 1.22. The highest BCUT2D eigenvalue weighted by Gasteiger charge is 2.16. The molecule has 1 aliphatic rings. The van der Waals surface area contributed by atoms with E-state index in [0.29, 0.717) is 17.2 Å². The number of rotatable bonds is 5. The Morgan fingerprint density at radius 3 is 2.79 bits per heavy atom. The van der Waals surface area contributed by atoms with E-state index in [4.69, 9.17) is 0 Å². The molecule has 0 amide bonds. The maximum Gasteiger partial charge on any atom is 0.280 e. The standard InChI is InChI=1S/C17H23F2N5/c1-10(2)22-17-13-7-15(23-12-4-3-5-20-9-12)21-8-11(13)6-14(24-17)16(18)19/h6-8,10,12,16,20H,3-5,9H2,1-2H3,(H,21,23)(H,22,24)/t12-/m0/s1. The molecule has 130 valence electrons. The van der Waals surface area contributed by atoms with Crippen molar-refractivity contribution in [2.45, 2.75) is 45.2 Å². The summed E-state index contributed by atoms with van der Waals surface area (Å²) >= 11 is 0. The number of piperidine rings is 1. The third kappa shape index (κ3) is 3.90. The van der Waals surface area contributed by atoms with Crippen molar-refractivity contribution in [1.29, 1.82) is 0 Å². The molecule has 3 heterocycles. The molecule has 1 atom stereocenters. The maximum atomic E-state index is 13.1. The lowest BCUT2D eigenvalue weighted by Gasteiger charge is -2.24. The first-order chi connectivity index (χ1) is 11.5. The highest BCUT2D eigenvalue weighted by atomic mass is 19.3. The Hall–Kier alpha value is -2.02. The summed E-state index contributed by atoms with van der Waals surface area (Å²) in [5, 5.41) is 11.4. The Bertz CT molecular complexity index is 699. The van der Waals surface area contributed by atoms with Crippen LogP contribution in [0.3, 0.4) is 0 Å². The lowest BCUT2D eigenvalue weighted by Crippen LogP contribution is -2.38. The Morgan fingerprint density at radius 1 is 1.29 bits per heavy atom. The van der Waals surface area contributed by atoms with Crippen molar-refractivity contribution in [1.82, 2.24) is 15.3 Å². The van der Waals surface area contributed by atoms with E-state index in [1.54, 1.807) is 6.20 Å². The molecule has 2 aromatic heterocycles. The van der Waals surface area contributed by atoms with Gasteiger partial charge in [0.15, 0.2) is 0 Å². The number of nitrogens with zero attached hydrogens (tertiary/aromatic N) is 2. The topological polar surface area (TPSA) is 61.9 Å². The van der Waals surface area contributed by atoms with Crippen LogP contribution in [0.15, 0.2) is 18.3 Å². The van der Waals surface area contributed by atoms with Crippen molar-refractivity contribution in [2.24, 2.45) is 0 Å². The third-order valence-corrected chi connectivity index (χ3v) is 4.03. The summed E-state index contributed by atoms with van der Waals surface area (Å²) in [6.45, 7) is 5.86. The average molecular weight is 335 g/mol. The van der Waals surface area contributed by atoms with Gasteiger partial charge in [-0.15, -0.1) is 0 Å². The minimum Gasteiger partial charge on any atom is -0.367 e. The summed E-state index contributed by atoms with van der Waals surface area (Å²) in [6, 6.07) is 3.72. The number of alkyl halides is 2. The number of pyridine rings is 2. The molecule has 1 fully saturated rings. The lowest BCUT2D eigenvalue weighted by atomic mass is 10.1. The van der Waals surface area contributed by atoms with Crippen LogP contribution in [0.25, 0.3) is 10.8 Å². The van der Waals surface area contributed by atoms with Gasteiger partial charge in [0, 0.05) is 35.6 Å². The molecule has 5 nitrogen and oxygen atoms in total. The smallest absolute Gasteiger partial charge is 0.280 e. The van der Waals surface area contributed by atoms with Gasteiger partial charge in [0.05, 0.1) is 0 Å². The van der Waals surface area contributed by atoms with Gasteiger partial charge < -0.3 is 16.0 Å². The zero-order valence-corrected chi connectivity index (χ0v) is 13.9. The molecule has 0 unspecified atom stereocenters. The molecule has 3 rings (SSSR count). The van der Waals surface area contributed by atoms with Gasteiger partial charge in [-0.1, -0.05) is 0 Å². The Kier molecular flexibility index (Phi) is 5.08. The predicted octanol–water partition coefficient (Wildman–Crippen LogP) is 3.55. The van der Waals surface area contributed by atoms with Gasteiger partial charge in [0.25, 0.3) is 6.43 Å². The van der Waals surface area contributed by atoms with Crippen LogP contribution in [-0.2, 0) is 0 Å². The number of halogens is 2. The fourth-order valence-electron chi connectivity index (χ4n) is 2.93. The van der Waals surface area contributed by atoms with E-state index < -0.39 is 6.43 Å². The highest BCUT2D eigenvalue weighted by molar-refractivity contribution is 5.93. The molecule has 0 bridgehead atoms. The van der Waals surface area contributed by atoms with Gasteiger partial charge in [-0.25, -0.2) is 18.7 Å². The van der Waals surface area contributed by atoms with Gasteiger partial charge in [-0.05, 0) is 45.4 Å². The summed E-state index contributed by atoms with van der Waals surface area (Å²) in [4.78, 5) is 8.48. The van der Waals surface area contributed by atoms with Gasteiger partial charge in [0.2, 0.25) is 0 Å². The van der Waals surface area contributed by atoms with Crippen molar-refractivity contribution in [2.75, 3.05) is 23.7 Å². The first kappa shape index (κ1) is 16.8. The van der Waals surface area contributed by atoms with Crippen molar-refractivity contribution in [3.8, 4) is 0 Å². The Morgan fingerprint density at radius 2 is 2.12 bits per heavy atom. The molecule has 0 saturated carbocycles. The van der Waals surface area contributed by atoms with Crippen LogP contribution in [0.1, 0.15) is 38.8 Å². The number of fused-ring (bicyclic) bond motifs is 1. The quantitative estimate of drug-likeness (QED) is 0.780. The van der Waals surface area contributed by atoms with E-state index in [9.17, 15) is 8.78 Å². The van der Waals surface area contributed by atoms with Gasteiger partial charge >= 0.3 is 0 Å². The second kappa shape index (κ2) is 7.25. The van der Waals surface area contributed by atoms with Crippen LogP contribution >= 0.6 is 0 Å². The minimum absolute atomic E-state index is 0.0979. The SMILES string of the molecule is CC(C)Nc1nc(C(F)F)cc2cnc(N[C@H]3CCCNC3)cc12. The first-order valence-corrected chi connectivity index (χ1v) is 8.35. The number of nitrogens with one attached hydrogen (secondary N) is 3. The first-order valence-electron chi connectivity index (χ1n) is 8.35. The van der Waals surface area contributed by atoms with E-state index in [0.717, 1.165) is 37.1 Å². The number of hydrogen-bond acceptors (Lipinski definition) is 5. The summed E-state index contributed by atoms with van der Waals surface area (Å²) < 4.78 is 26.1. The number of anilines is 2. The van der Waals surface area contributed by atoms with Crippen LogP contribution in [0, 0.1) is 0 Å². The van der Waals surface area contributed by atoms with Crippen molar-refractivity contribution in [3.63, 3.8) is 0 Å². The number of hydrogen-bond donors (Lipinski definition) is 3. The summed E-state index contributed by atoms with van der Waals surface area (Å²) in [6.07, 6.45) is 1.25. The summed E-state index contributed by atoms with van der Waals surface area (Å²) in [7, 11) is 0. The Balaban J connectivity index is 1.95. The van der Waals surface area contributed by atoms with Crippen LogP contribution in [0.5, 0.6) is 0 Å². The minimum atomic E-state index is -2.60. The van der Waals surface area contributed by atoms with E-state index in [1.165, 1.54) is 6.07 Å². The molecule has 24 heavy (non-hydrogen) atoms. The van der Waals surface area contributed by atoms with E-state index >= 15 is 0 Å². The zero-order valence-electron chi connectivity index (χ0n) is 13.9. The van der Waals surface area contributed by atoms with Gasteiger partial charge in [-0.2, -0.15) is 0 Å². The molecule has 1 saturated heterocycles. The molecule has 3 N–H and O–H groups in total. The third-order valence-electron chi connectivity index (χ3n) is 4.03. The fourth-order valence-corrected chi connectivity index (χ4v) is 2.93. The van der Waals surface area contributed by atoms with Crippen molar-refractivity contribution < 1.29 is 8.78 Å². The second-order valence-corrected chi connectivity index (χ2v) is 6.47. The van der Waals surface area contributed by atoms with Crippen molar-refractivity contribution in [3.05, 3.63) is 24.0 Å². The molecule has 1 aliphatic heterocycles. The van der Waals surface area contributed by atoms with Crippen molar-refractivity contribution >= 4 is 22.4 Å². The normalized spacial score (nSPS) is 18.3. The Labute approximate surface area is 140 Å². The monoisotopic (exact) mass is 335 g/mol. The van der Waals surface area contributed by atoms with E-state index in [-0.39, 0.29) is 11.7 Å². The molecule has 7 heteroatoms. The molecular formula is C17H23F2N5. The van der Waals surface area contributed by atoms with E-state index in [1.807, 2.05) is 19.9 Å². The molecule has 0 radical (unpaired) electrons. The van der Waals surface area contributed by atoms with Crippen LogP contribution < -0.4 is 16.0 Å². The van der Waals surface area contributed by atoms with Gasteiger partial charge in [-0.3, -0.25) is 0 Å². The maximum absolute atomic E-state index is 13.1. The average Bonchev–Trinajstić information content (AvgIpc) is 2.55. The zero-order chi connectivity index (χ0) is 17.1. The summed E-state index contributed by atoms with van der Waals surface area (Å²) in [5.41, 5.74) is -0.232. The molecule has 2 aromatic rings. The van der Waals surface area contributed by atoms with Crippen LogP contribution in [0.4, 0.5) is 20.4 Å². The second-order valence-electron chi connectivity index (χ2n) is 6.47. The van der Waals surface area contributed by atoms with E-state index in [2.05, 4.69) is 25.9 Å². The molecule has 0 aliphatic carbocycles. The molecular weight excluding hydrogens is 312 g/mol. The highest BCUT2D eigenvalue weighted by Crippen LogP contribution is 2.29. The molecule has 0 spiro atoms. The van der Waals surface area contributed by atoms with Crippen LogP contribution in [-0.4, -0.2) is 35.1 Å². The van der Waals surface area contributed by atoms with Crippen LogP contribution in [0.2, 0.25) is 0 Å². The van der Waals surface area contributed by atoms with Gasteiger partial charge in [0.1, 0.15) is 17.3 Å². The predicted molar refractivity (Wildman–Crippen MR) is 92.8 cm³/mol. The number of aromatic nitrogens is 2. The lowest BCUT2D eigenvalue weighted by molar-refractivity contribution is 0.146.